The van der Waals surface area contributed by atoms with Crippen LogP contribution in [0, 0.1) is 0 Å². The van der Waals surface area contributed by atoms with Gasteiger partial charge in [0.25, 0.3) is 0 Å². The fourth-order valence-corrected chi connectivity index (χ4v) is 4.80. The Bertz CT molecular complexity index is 949. The molecule has 3 atom stereocenters. The molecule has 1 amide bonds. The van der Waals surface area contributed by atoms with E-state index in [9.17, 15) is 4.79 Å². The fraction of sp³-hybridized carbons (Fsp3) is 0.360. The van der Waals surface area contributed by atoms with Gasteiger partial charge in [0.2, 0.25) is 0 Å². The van der Waals surface area contributed by atoms with Gasteiger partial charge in [0, 0.05) is 18.2 Å². The van der Waals surface area contributed by atoms with Gasteiger partial charge in [-0.3, -0.25) is 4.98 Å². The maximum Gasteiger partial charge on any atom is 0.407 e. The number of benzene rings is 2. The summed E-state index contributed by atoms with van der Waals surface area (Å²) in [6.07, 6.45) is 5.96. The molecule has 2 unspecified atom stereocenters. The van der Waals surface area contributed by atoms with Crippen LogP contribution >= 0.6 is 11.3 Å². The van der Waals surface area contributed by atoms with E-state index in [0.29, 0.717) is 5.92 Å². The molecule has 0 saturated heterocycles. The number of nitrogens with one attached hydrogen (secondary N) is 1. The van der Waals surface area contributed by atoms with Crippen LogP contribution in [-0.2, 0) is 17.8 Å². The zero-order valence-electron chi connectivity index (χ0n) is 17.6. The topological polar surface area (TPSA) is 77.2 Å². The molecule has 1 saturated carbocycles. The molecule has 0 spiro atoms. The number of thiazole rings is 1. The summed E-state index contributed by atoms with van der Waals surface area (Å²) in [4.78, 5) is 17.5. The summed E-state index contributed by atoms with van der Waals surface area (Å²) in [7, 11) is 0. The molecule has 4 rings (SSSR count). The van der Waals surface area contributed by atoms with Gasteiger partial charge in [-0.15, -0.1) is 11.3 Å². The van der Waals surface area contributed by atoms with Crippen molar-refractivity contribution in [1.82, 2.24) is 10.3 Å². The van der Waals surface area contributed by atoms with E-state index in [1.807, 2.05) is 24.3 Å². The summed E-state index contributed by atoms with van der Waals surface area (Å²) in [5, 5.41) is 3.18. The maximum absolute atomic E-state index is 12.5. The van der Waals surface area contributed by atoms with Gasteiger partial charge >= 0.3 is 6.09 Å². The second-order valence-corrected chi connectivity index (χ2v) is 9.31. The van der Waals surface area contributed by atoms with E-state index in [4.69, 9.17) is 10.5 Å². The molecular formula is C25H29N3O2S. The van der Waals surface area contributed by atoms with Gasteiger partial charge in [-0.25, -0.2) is 4.79 Å². The van der Waals surface area contributed by atoms with E-state index >= 15 is 0 Å². The summed E-state index contributed by atoms with van der Waals surface area (Å²) in [5.41, 5.74) is 10.4. The summed E-state index contributed by atoms with van der Waals surface area (Å²) in [6.45, 7) is 0.254. The normalized spacial score (nSPS) is 20.7. The molecule has 1 aliphatic rings. The van der Waals surface area contributed by atoms with Crippen molar-refractivity contribution in [3.05, 3.63) is 88.4 Å². The van der Waals surface area contributed by atoms with Crippen LogP contribution in [0.2, 0.25) is 0 Å². The van der Waals surface area contributed by atoms with Crippen LogP contribution in [0.25, 0.3) is 0 Å². The third-order valence-corrected chi connectivity index (χ3v) is 6.75. The van der Waals surface area contributed by atoms with Crippen molar-refractivity contribution in [2.24, 2.45) is 5.73 Å². The van der Waals surface area contributed by atoms with Crippen LogP contribution in [0.5, 0.6) is 0 Å². The van der Waals surface area contributed by atoms with E-state index < -0.39 is 0 Å². The van der Waals surface area contributed by atoms with E-state index in [0.717, 1.165) is 37.0 Å². The van der Waals surface area contributed by atoms with Crippen LogP contribution in [0.4, 0.5) is 4.79 Å². The Hall–Kier alpha value is -2.70. The van der Waals surface area contributed by atoms with E-state index in [1.54, 1.807) is 11.7 Å². The molecule has 0 radical (unpaired) electrons. The summed E-state index contributed by atoms with van der Waals surface area (Å²) < 4.78 is 5.45. The highest BCUT2D eigenvalue weighted by atomic mass is 32.1. The second kappa shape index (κ2) is 10.1. The molecule has 1 aliphatic carbocycles. The number of hydrogen-bond donors (Lipinski definition) is 2. The molecule has 0 bridgehead atoms. The van der Waals surface area contributed by atoms with Gasteiger partial charge in [0.1, 0.15) is 6.61 Å². The molecule has 31 heavy (non-hydrogen) atoms. The summed E-state index contributed by atoms with van der Waals surface area (Å²) in [6, 6.07) is 20.9. The lowest BCUT2D eigenvalue weighted by atomic mass is 9.97. The lowest BCUT2D eigenvalue weighted by molar-refractivity contribution is 0.134. The van der Waals surface area contributed by atoms with Crippen LogP contribution in [0.3, 0.4) is 0 Å². The number of carbonyl (C=O) groups is 1. The van der Waals surface area contributed by atoms with E-state index in [2.05, 4.69) is 46.7 Å². The molecule has 1 fully saturated rings. The molecule has 3 N–H and O–H groups in total. The number of ether oxygens (including phenoxy) is 1. The van der Waals surface area contributed by atoms with Crippen molar-refractivity contribution in [2.75, 3.05) is 0 Å². The molecule has 1 aromatic heterocycles. The van der Waals surface area contributed by atoms with Crippen molar-refractivity contribution in [3.8, 4) is 0 Å². The van der Waals surface area contributed by atoms with E-state index in [-0.39, 0.29) is 24.3 Å². The lowest BCUT2D eigenvalue weighted by Crippen LogP contribution is -2.39. The fourth-order valence-electron chi connectivity index (χ4n) is 4.29. The third-order valence-electron chi connectivity index (χ3n) is 6.00. The van der Waals surface area contributed by atoms with Crippen LogP contribution in [0.1, 0.15) is 47.6 Å². The van der Waals surface area contributed by atoms with Gasteiger partial charge < -0.3 is 15.8 Å². The van der Waals surface area contributed by atoms with Crippen LogP contribution < -0.4 is 11.1 Å². The van der Waals surface area contributed by atoms with Crippen molar-refractivity contribution in [3.63, 3.8) is 0 Å². The predicted octanol–water partition coefficient (Wildman–Crippen LogP) is 5.04. The van der Waals surface area contributed by atoms with Crippen molar-refractivity contribution < 1.29 is 9.53 Å². The molecule has 1 heterocycles. The largest absolute Gasteiger partial charge is 0.444 e. The number of nitrogens with two attached hydrogens (primary N) is 1. The van der Waals surface area contributed by atoms with Crippen molar-refractivity contribution in [1.29, 1.82) is 0 Å². The van der Waals surface area contributed by atoms with Crippen LogP contribution in [-0.4, -0.2) is 22.7 Å². The first-order chi connectivity index (χ1) is 15.1. The minimum absolute atomic E-state index is 0.117. The molecule has 3 aromatic rings. The molecule has 5 nitrogen and oxygen atoms in total. The quantitative estimate of drug-likeness (QED) is 0.468. The number of alkyl carbamates (subject to hydrolysis) is 1. The summed E-state index contributed by atoms with van der Waals surface area (Å²) >= 11 is 1.48. The number of rotatable bonds is 10. The zero-order valence-corrected chi connectivity index (χ0v) is 18.4. The first kappa shape index (κ1) is 21.5. The Kier molecular flexibility index (Phi) is 6.99. The number of amides is 1. The Morgan fingerprint density at radius 2 is 1.94 bits per heavy atom. The van der Waals surface area contributed by atoms with Gasteiger partial charge in [0.15, 0.2) is 0 Å². The monoisotopic (exact) mass is 435 g/mol. The SMILES string of the molecule is N[C@@H](CCCC1(NC(=O)OCc2cncs2)CC1c1ccccc1)Cc1ccccc1. The van der Waals surface area contributed by atoms with Crippen LogP contribution in [0.15, 0.2) is 72.4 Å². The Morgan fingerprint density at radius 1 is 1.19 bits per heavy atom. The van der Waals surface area contributed by atoms with Gasteiger partial charge in [-0.05, 0) is 43.2 Å². The minimum atomic E-state index is -0.361. The molecule has 2 aromatic carbocycles. The predicted molar refractivity (Wildman–Crippen MR) is 124 cm³/mol. The maximum atomic E-state index is 12.5. The number of hydrogen-bond acceptors (Lipinski definition) is 5. The van der Waals surface area contributed by atoms with Gasteiger partial charge in [-0.1, -0.05) is 60.7 Å². The standard InChI is InChI=1S/C25H29N3O2S/c26-21(14-19-8-3-1-4-9-19)12-7-13-25(15-23(25)20-10-5-2-6-11-20)28-24(29)30-17-22-16-27-18-31-22/h1-6,8-11,16,18,21,23H,7,12-15,17,26H2,(H,28,29)/t21-,23?,25?/m0/s1. The Morgan fingerprint density at radius 3 is 2.65 bits per heavy atom. The number of aromatic nitrogens is 1. The molecule has 0 aliphatic heterocycles. The second-order valence-electron chi connectivity index (χ2n) is 8.33. The first-order valence-electron chi connectivity index (χ1n) is 10.8. The smallest absolute Gasteiger partial charge is 0.407 e. The molecule has 6 heteroatoms. The highest BCUT2D eigenvalue weighted by molar-refractivity contribution is 7.09. The van der Waals surface area contributed by atoms with Crippen molar-refractivity contribution >= 4 is 17.4 Å². The van der Waals surface area contributed by atoms with Gasteiger partial charge in [0.05, 0.1) is 15.9 Å². The molecular weight excluding hydrogens is 406 g/mol. The highest BCUT2D eigenvalue weighted by Gasteiger charge is 2.55. The molecule has 162 valence electrons. The Labute approximate surface area is 187 Å². The zero-order chi connectivity index (χ0) is 21.5. The highest BCUT2D eigenvalue weighted by Crippen LogP contribution is 2.54. The number of nitrogens with zero attached hydrogens (tertiary/aromatic N) is 1. The summed E-state index contributed by atoms with van der Waals surface area (Å²) in [5.74, 6) is 0.315. The van der Waals surface area contributed by atoms with Crippen molar-refractivity contribution in [2.45, 2.75) is 56.2 Å². The average molecular weight is 436 g/mol. The first-order valence-corrected chi connectivity index (χ1v) is 11.7. The minimum Gasteiger partial charge on any atom is -0.444 e. The lowest BCUT2D eigenvalue weighted by Gasteiger charge is -2.21. The average Bonchev–Trinajstić information content (AvgIpc) is 3.22. The number of carbonyl (C=O) groups excluding carboxylic acids is 1. The van der Waals surface area contributed by atoms with Gasteiger partial charge in [-0.2, -0.15) is 0 Å². The van der Waals surface area contributed by atoms with E-state index in [1.165, 1.54) is 22.5 Å². The third kappa shape index (κ3) is 5.93. The Balaban J connectivity index is 1.32.